The molecule has 1 aromatic heterocycles. The third-order valence-corrected chi connectivity index (χ3v) is 2.51. The van der Waals surface area contributed by atoms with Gasteiger partial charge in [-0.2, -0.15) is 0 Å². The van der Waals surface area contributed by atoms with Crippen LogP contribution < -0.4 is 11.2 Å². The average molecular weight is 247 g/mol. The molecule has 0 amide bonds. The van der Waals surface area contributed by atoms with Crippen LogP contribution in [0.15, 0.2) is 39.0 Å². The van der Waals surface area contributed by atoms with Gasteiger partial charge in [0.15, 0.2) is 0 Å². The first-order valence-corrected chi connectivity index (χ1v) is 5.04. The Hall–Kier alpha value is -2.70. The van der Waals surface area contributed by atoms with Crippen LogP contribution in [0.25, 0.3) is 5.69 Å². The highest BCUT2D eigenvalue weighted by Gasteiger charge is 2.16. The number of benzene rings is 1. The van der Waals surface area contributed by atoms with Crippen molar-refractivity contribution in [2.24, 2.45) is 5.18 Å². The highest BCUT2D eigenvalue weighted by atomic mass is 16.3. The van der Waals surface area contributed by atoms with E-state index in [0.717, 1.165) is 4.57 Å². The Morgan fingerprint density at radius 1 is 1.28 bits per heavy atom. The van der Waals surface area contributed by atoms with Gasteiger partial charge in [-0.15, -0.1) is 4.91 Å². The number of rotatable bonds is 2. The number of hydrogen-bond acceptors (Lipinski definition) is 5. The van der Waals surface area contributed by atoms with Gasteiger partial charge in [-0.3, -0.25) is 9.78 Å². The molecule has 92 valence electrons. The average Bonchev–Trinajstić information content (AvgIpc) is 2.31. The van der Waals surface area contributed by atoms with Crippen LogP contribution in [0.3, 0.4) is 0 Å². The quantitative estimate of drug-likeness (QED) is 0.770. The summed E-state index contributed by atoms with van der Waals surface area (Å²) in [5.74, 6) is -0.770. The van der Waals surface area contributed by atoms with Crippen molar-refractivity contribution in [3.63, 3.8) is 0 Å². The van der Waals surface area contributed by atoms with Crippen LogP contribution in [0.1, 0.15) is 5.56 Å². The molecule has 1 aromatic carbocycles. The monoisotopic (exact) mass is 247 g/mol. The molecule has 1 heterocycles. The molecular formula is C11H9N3O4. The lowest BCUT2D eigenvalue weighted by atomic mass is 10.2. The van der Waals surface area contributed by atoms with Gasteiger partial charge >= 0.3 is 5.69 Å². The molecule has 0 atom stereocenters. The van der Waals surface area contributed by atoms with Crippen molar-refractivity contribution in [3.05, 3.63) is 55.6 Å². The second kappa shape index (κ2) is 4.28. The van der Waals surface area contributed by atoms with E-state index in [1.807, 2.05) is 4.98 Å². The van der Waals surface area contributed by atoms with E-state index in [1.54, 1.807) is 31.2 Å². The van der Waals surface area contributed by atoms with Gasteiger partial charge in [0.05, 0.1) is 5.69 Å². The summed E-state index contributed by atoms with van der Waals surface area (Å²) in [7, 11) is 0. The van der Waals surface area contributed by atoms with E-state index in [9.17, 15) is 19.6 Å². The summed E-state index contributed by atoms with van der Waals surface area (Å²) in [6.45, 7) is 1.72. The lowest BCUT2D eigenvalue weighted by molar-refractivity contribution is 0.433. The fourth-order valence-electron chi connectivity index (χ4n) is 1.64. The summed E-state index contributed by atoms with van der Waals surface area (Å²) in [4.78, 5) is 35.3. The smallest absolute Gasteiger partial charge is 0.335 e. The van der Waals surface area contributed by atoms with E-state index in [-0.39, 0.29) is 0 Å². The van der Waals surface area contributed by atoms with Crippen LogP contribution in [0, 0.1) is 11.8 Å². The molecule has 0 saturated heterocycles. The maximum atomic E-state index is 11.7. The zero-order valence-electron chi connectivity index (χ0n) is 9.38. The lowest BCUT2D eigenvalue weighted by Crippen LogP contribution is -2.28. The molecule has 0 bridgehead atoms. The van der Waals surface area contributed by atoms with Crippen LogP contribution >= 0.6 is 0 Å². The van der Waals surface area contributed by atoms with Crippen LogP contribution in [0.4, 0.5) is 5.69 Å². The first-order valence-electron chi connectivity index (χ1n) is 5.04. The Kier molecular flexibility index (Phi) is 2.80. The minimum Gasteiger partial charge on any atom is -0.492 e. The number of aromatic nitrogens is 2. The number of aromatic amines is 1. The van der Waals surface area contributed by atoms with Crippen LogP contribution in [-0.4, -0.2) is 14.7 Å². The Bertz CT molecular complexity index is 730. The first kappa shape index (κ1) is 11.8. The molecule has 0 fully saturated rings. The van der Waals surface area contributed by atoms with Gasteiger partial charge in [0.2, 0.25) is 11.6 Å². The summed E-state index contributed by atoms with van der Waals surface area (Å²) in [6, 6.07) is 6.71. The largest absolute Gasteiger partial charge is 0.492 e. The number of hydrogen-bond donors (Lipinski definition) is 2. The molecule has 0 spiro atoms. The molecule has 0 unspecified atom stereocenters. The van der Waals surface area contributed by atoms with Gasteiger partial charge in [0.1, 0.15) is 0 Å². The topological polar surface area (TPSA) is 105 Å². The third-order valence-electron chi connectivity index (χ3n) is 2.51. The van der Waals surface area contributed by atoms with E-state index in [1.165, 1.54) is 0 Å². The number of aromatic hydroxyl groups is 1. The zero-order valence-corrected chi connectivity index (χ0v) is 9.38. The Morgan fingerprint density at radius 3 is 2.56 bits per heavy atom. The second-order valence-corrected chi connectivity index (χ2v) is 3.64. The van der Waals surface area contributed by atoms with Gasteiger partial charge in [-0.25, -0.2) is 9.36 Å². The zero-order chi connectivity index (χ0) is 13.3. The van der Waals surface area contributed by atoms with E-state index in [0.29, 0.717) is 11.3 Å². The van der Waals surface area contributed by atoms with E-state index in [4.69, 9.17) is 0 Å². The van der Waals surface area contributed by atoms with Crippen molar-refractivity contribution in [2.45, 2.75) is 6.92 Å². The second-order valence-electron chi connectivity index (χ2n) is 3.64. The van der Waals surface area contributed by atoms with Gasteiger partial charge in [0.25, 0.3) is 5.56 Å². The molecule has 0 saturated carbocycles. The molecule has 18 heavy (non-hydrogen) atoms. The standard InChI is InChI=1S/C11H9N3O4/c1-6-4-2-3-5-7(6)14-10(16)8(13-18)9(15)12-11(14)17/h2-5,16H,1H3,(H,12,15,17). The highest BCUT2D eigenvalue weighted by molar-refractivity contribution is 5.50. The first-order chi connectivity index (χ1) is 8.56. The number of para-hydroxylation sites is 1. The molecule has 2 aromatic rings. The number of nitrogens with zero attached hydrogens (tertiary/aromatic N) is 2. The molecule has 2 rings (SSSR count). The third kappa shape index (κ3) is 1.71. The fraction of sp³-hybridized carbons (Fsp3) is 0.0909. The van der Waals surface area contributed by atoms with Gasteiger partial charge in [0, 0.05) is 0 Å². The summed E-state index contributed by atoms with van der Waals surface area (Å²) in [5.41, 5.74) is -1.52. The fourth-order valence-corrected chi connectivity index (χ4v) is 1.64. The van der Waals surface area contributed by atoms with Crippen molar-refractivity contribution in [2.75, 3.05) is 0 Å². The van der Waals surface area contributed by atoms with Crippen molar-refractivity contribution in [1.82, 2.24) is 9.55 Å². The van der Waals surface area contributed by atoms with Crippen LogP contribution in [0.2, 0.25) is 0 Å². The van der Waals surface area contributed by atoms with E-state index >= 15 is 0 Å². The highest BCUT2D eigenvalue weighted by Crippen LogP contribution is 2.23. The number of aryl methyl sites for hydroxylation is 1. The predicted molar refractivity (Wildman–Crippen MR) is 64.5 cm³/mol. The van der Waals surface area contributed by atoms with E-state index < -0.39 is 22.8 Å². The Morgan fingerprint density at radius 2 is 1.94 bits per heavy atom. The Labute approximate surface area is 100 Å². The van der Waals surface area contributed by atoms with Crippen molar-refractivity contribution < 1.29 is 5.11 Å². The molecule has 0 aliphatic heterocycles. The predicted octanol–water partition coefficient (Wildman–Crippen LogP) is 0.938. The summed E-state index contributed by atoms with van der Waals surface area (Å²) < 4.78 is 0.827. The molecular weight excluding hydrogens is 238 g/mol. The number of nitrogens with one attached hydrogen (secondary N) is 1. The van der Waals surface area contributed by atoms with Gasteiger partial charge < -0.3 is 5.11 Å². The maximum absolute atomic E-state index is 11.7. The molecule has 0 aliphatic carbocycles. The SMILES string of the molecule is Cc1ccccc1-n1c(O)c(N=O)c(=O)[nH]c1=O. The normalized spacial score (nSPS) is 10.3. The van der Waals surface area contributed by atoms with Gasteiger partial charge in [-0.1, -0.05) is 18.2 Å². The van der Waals surface area contributed by atoms with Crippen molar-refractivity contribution >= 4 is 5.69 Å². The van der Waals surface area contributed by atoms with Gasteiger partial charge in [-0.05, 0) is 23.7 Å². The maximum Gasteiger partial charge on any atom is 0.335 e. The summed E-state index contributed by atoms with van der Waals surface area (Å²) in [6.07, 6.45) is 0. The van der Waals surface area contributed by atoms with E-state index in [2.05, 4.69) is 5.18 Å². The van der Waals surface area contributed by atoms with Crippen LogP contribution in [-0.2, 0) is 0 Å². The van der Waals surface area contributed by atoms with Crippen molar-refractivity contribution in [1.29, 1.82) is 0 Å². The minimum atomic E-state index is -1.02. The molecule has 7 nitrogen and oxygen atoms in total. The number of H-pyrrole nitrogens is 1. The minimum absolute atomic E-state index is 0.362. The number of nitroso groups, excluding NO2 is 1. The van der Waals surface area contributed by atoms with Crippen LogP contribution in [0.5, 0.6) is 5.88 Å². The molecule has 0 radical (unpaired) electrons. The lowest BCUT2D eigenvalue weighted by Gasteiger charge is -2.10. The summed E-state index contributed by atoms with van der Waals surface area (Å²) >= 11 is 0. The van der Waals surface area contributed by atoms with Crippen molar-refractivity contribution in [3.8, 4) is 11.6 Å². The summed E-state index contributed by atoms with van der Waals surface area (Å²) in [5, 5.41) is 12.2. The molecule has 2 N–H and O–H groups in total. The molecule has 7 heteroatoms. The molecule has 0 aliphatic rings. The Balaban J connectivity index is 2.89.